The molecular weight excluding hydrogens is 637 g/mol. The lowest BCUT2D eigenvalue weighted by Crippen LogP contribution is -2.04. The van der Waals surface area contributed by atoms with Crippen molar-refractivity contribution in [1.82, 2.24) is 14.5 Å². The molecule has 0 N–H and O–H groups in total. The first kappa shape index (κ1) is 29.6. The molecule has 3 heterocycles. The number of hydrogen-bond acceptors (Lipinski definition) is 4. The van der Waals surface area contributed by atoms with Crippen LogP contribution in [0, 0.1) is 11.3 Å². The fraction of sp³-hybridized carbons (Fsp3) is 0. The Kier molecular flexibility index (Phi) is 6.80. The van der Waals surface area contributed by atoms with E-state index >= 15 is 0 Å². The zero-order valence-corrected chi connectivity index (χ0v) is 27.9. The molecule has 0 aliphatic carbocycles. The first-order valence-corrected chi connectivity index (χ1v) is 17.2. The molecular formula is C47H28N4O. The largest absolute Gasteiger partial charge is 0.454 e. The van der Waals surface area contributed by atoms with Gasteiger partial charge in [0.15, 0.2) is 11.4 Å². The van der Waals surface area contributed by atoms with E-state index in [2.05, 4.69) is 102 Å². The Morgan fingerprint density at radius 2 is 1.08 bits per heavy atom. The van der Waals surface area contributed by atoms with Crippen molar-refractivity contribution in [2.75, 3.05) is 0 Å². The van der Waals surface area contributed by atoms with Gasteiger partial charge in [-0.1, -0.05) is 146 Å². The van der Waals surface area contributed by atoms with Crippen LogP contribution >= 0.6 is 0 Å². The zero-order valence-electron chi connectivity index (χ0n) is 27.9. The number of rotatable bonds is 5. The average molecular weight is 665 g/mol. The van der Waals surface area contributed by atoms with Crippen LogP contribution in [0.4, 0.5) is 0 Å². The van der Waals surface area contributed by atoms with Crippen LogP contribution in [0.25, 0.3) is 94.5 Å². The summed E-state index contributed by atoms with van der Waals surface area (Å²) in [6.07, 6.45) is 0. The van der Waals surface area contributed by atoms with E-state index in [1.165, 1.54) is 0 Å². The fourth-order valence-electron chi connectivity index (χ4n) is 7.60. The van der Waals surface area contributed by atoms with Crippen LogP contribution < -0.4 is 0 Å². The fourth-order valence-corrected chi connectivity index (χ4v) is 7.60. The summed E-state index contributed by atoms with van der Waals surface area (Å²) in [4.78, 5) is 10.4. The number of furan rings is 1. The first-order chi connectivity index (χ1) is 25.8. The quantitative estimate of drug-likeness (QED) is 0.184. The van der Waals surface area contributed by atoms with E-state index < -0.39 is 0 Å². The van der Waals surface area contributed by atoms with Crippen LogP contribution in [0.3, 0.4) is 0 Å². The van der Waals surface area contributed by atoms with Gasteiger partial charge in [0.05, 0.1) is 28.1 Å². The minimum Gasteiger partial charge on any atom is -0.454 e. The normalized spacial score (nSPS) is 11.4. The Balaban J connectivity index is 1.35. The molecule has 0 spiro atoms. The predicted molar refractivity (Wildman–Crippen MR) is 210 cm³/mol. The molecule has 3 aromatic heterocycles. The molecule has 0 bridgehead atoms. The van der Waals surface area contributed by atoms with E-state index in [1.54, 1.807) is 0 Å². The number of para-hydroxylation sites is 2. The molecule has 10 aromatic rings. The van der Waals surface area contributed by atoms with Gasteiger partial charge in [0, 0.05) is 43.8 Å². The third kappa shape index (κ3) is 4.56. The zero-order chi connectivity index (χ0) is 34.6. The molecule has 0 aliphatic rings. The molecule has 0 aliphatic heterocycles. The Morgan fingerprint density at radius 3 is 1.75 bits per heavy atom. The third-order valence-corrected chi connectivity index (χ3v) is 9.88. The van der Waals surface area contributed by atoms with E-state index in [1.807, 2.05) is 78.9 Å². The van der Waals surface area contributed by atoms with Gasteiger partial charge in [0.2, 0.25) is 0 Å². The SMILES string of the molecule is N#Cc1c(-c2ccccc2)nc(-c2cccc(-n3c4ccccc4c4ccc5c6ccccc6oc5c43)c2-c2ccccc2)nc1-c1ccccc1. The number of nitriles is 1. The molecule has 0 radical (unpaired) electrons. The van der Waals surface area contributed by atoms with Gasteiger partial charge in [-0.05, 0) is 29.8 Å². The summed E-state index contributed by atoms with van der Waals surface area (Å²) in [5, 5.41) is 15.0. The highest BCUT2D eigenvalue weighted by Gasteiger charge is 2.25. The van der Waals surface area contributed by atoms with Gasteiger partial charge < -0.3 is 8.98 Å². The summed E-state index contributed by atoms with van der Waals surface area (Å²) in [5.74, 6) is 0.534. The number of hydrogen-bond donors (Lipinski definition) is 0. The standard InChI is InChI=1S/C47H28N4O/c48-29-38-43(31-17-6-2-7-18-31)49-47(50-44(38)32-19-8-3-9-20-32)37-23-14-25-40(42(37)30-15-4-1-5-16-30)51-39-24-12-10-21-33(39)35-27-28-36-34-22-11-13-26-41(34)52-46(36)45(35)51/h1-28H. The second-order valence-corrected chi connectivity index (χ2v) is 12.8. The van der Waals surface area contributed by atoms with Crippen molar-refractivity contribution in [3.63, 3.8) is 0 Å². The topological polar surface area (TPSA) is 67.6 Å². The van der Waals surface area contributed by atoms with Crippen molar-refractivity contribution < 1.29 is 4.42 Å². The molecule has 0 fully saturated rings. The van der Waals surface area contributed by atoms with Crippen molar-refractivity contribution in [2.45, 2.75) is 0 Å². The van der Waals surface area contributed by atoms with E-state index in [-0.39, 0.29) is 0 Å². The van der Waals surface area contributed by atoms with Gasteiger partial charge in [-0.2, -0.15) is 5.26 Å². The number of nitrogens with zero attached hydrogens (tertiary/aromatic N) is 4. The summed E-state index contributed by atoms with van der Waals surface area (Å²) in [7, 11) is 0. The highest BCUT2D eigenvalue weighted by molar-refractivity contribution is 6.21. The minimum atomic E-state index is 0.438. The van der Waals surface area contributed by atoms with Gasteiger partial charge in [0.25, 0.3) is 0 Å². The van der Waals surface area contributed by atoms with Crippen LogP contribution in [0.2, 0.25) is 0 Å². The summed E-state index contributed by atoms with van der Waals surface area (Å²) in [6.45, 7) is 0. The monoisotopic (exact) mass is 664 g/mol. The highest BCUT2D eigenvalue weighted by Crippen LogP contribution is 2.44. The Morgan fingerprint density at radius 1 is 0.500 bits per heavy atom. The molecule has 7 aromatic carbocycles. The Labute approximate surface area is 299 Å². The Bertz CT molecular complexity index is 2950. The summed E-state index contributed by atoms with van der Waals surface area (Å²) in [5.41, 5.74) is 10.9. The molecule has 0 saturated carbocycles. The number of benzene rings is 7. The maximum Gasteiger partial charge on any atom is 0.161 e. The molecule has 0 unspecified atom stereocenters. The summed E-state index contributed by atoms with van der Waals surface area (Å²) < 4.78 is 9.03. The maximum absolute atomic E-state index is 10.6. The van der Waals surface area contributed by atoms with Crippen LogP contribution in [-0.4, -0.2) is 14.5 Å². The van der Waals surface area contributed by atoms with Crippen molar-refractivity contribution >= 4 is 43.7 Å². The molecule has 242 valence electrons. The summed E-state index contributed by atoms with van der Waals surface area (Å²) in [6, 6.07) is 60.1. The van der Waals surface area contributed by atoms with Crippen LogP contribution in [0.15, 0.2) is 174 Å². The molecule has 0 amide bonds. The highest BCUT2D eigenvalue weighted by atomic mass is 16.3. The van der Waals surface area contributed by atoms with Crippen molar-refractivity contribution in [3.05, 3.63) is 175 Å². The van der Waals surface area contributed by atoms with Gasteiger partial charge in [-0.15, -0.1) is 0 Å². The molecule has 0 atom stereocenters. The molecule has 5 nitrogen and oxygen atoms in total. The smallest absolute Gasteiger partial charge is 0.161 e. The number of fused-ring (bicyclic) bond motifs is 7. The molecule has 0 saturated heterocycles. The van der Waals surface area contributed by atoms with Gasteiger partial charge >= 0.3 is 0 Å². The molecule has 10 rings (SSSR count). The van der Waals surface area contributed by atoms with Crippen LogP contribution in [-0.2, 0) is 0 Å². The van der Waals surface area contributed by atoms with Gasteiger partial charge in [-0.3, -0.25) is 0 Å². The van der Waals surface area contributed by atoms with Gasteiger partial charge in [0.1, 0.15) is 17.2 Å². The first-order valence-electron chi connectivity index (χ1n) is 17.2. The number of aromatic nitrogens is 3. The second-order valence-electron chi connectivity index (χ2n) is 12.8. The minimum absolute atomic E-state index is 0.438. The van der Waals surface area contributed by atoms with Gasteiger partial charge in [-0.25, -0.2) is 9.97 Å². The van der Waals surface area contributed by atoms with E-state index in [9.17, 15) is 5.26 Å². The lowest BCUT2D eigenvalue weighted by Gasteiger charge is -2.19. The van der Waals surface area contributed by atoms with E-state index in [0.717, 1.165) is 77.2 Å². The third-order valence-electron chi connectivity index (χ3n) is 9.88. The van der Waals surface area contributed by atoms with Crippen LogP contribution in [0.1, 0.15) is 5.56 Å². The lowest BCUT2D eigenvalue weighted by atomic mass is 9.95. The Hall–Kier alpha value is -7.29. The molecule has 52 heavy (non-hydrogen) atoms. The van der Waals surface area contributed by atoms with Crippen molar-refractivity contribution in [2.24, 2.45) is 0 Å². The van der Waals surface area contributed by atoms with E-state index in [4.69, 9.17) is 14.4 Å². The molecule has 5 heteroatoms. The summed E-state index contributed by atoms with van der Waals surface area (Å²) >= 11 is 0. The second kappa shape index (κ2) is 11.9. The maximum atomic E-state index is 10.6. The van der Waals surface area contributed by atoms with E-state index in [0.29, 0.717) is 22.8 Å². The average Bonchev–Trinajstić information content (AvgIpc) is 3.77. The lowest BCUT2D eigenvalue weighted by molar-refractivity contribution is 0.671. The van der Waals surface area contributed by atoms with Crippen molar-refractivity contribution in [3.8, 4) is 56.8 Å². The van der Waals surface area contributed by atoms with Crippen LogP contribution in [0.5, 0.6) is 0 Å². The van der Waals surface area contributed by atoms with Crippen molar-refractivity contribution in [1.29, 1.82) is 5.26 Å². The predicted octanol–water partition coefficient (Wildman–Crippen LogP) is 12.0.